The largest absolute Gasteiger partial charge is 0.261 e. The number of aromatic nitrogens is 4. The number of aryl methyl sites for hydroxylation is 1. The van der Waals surface area contributed by atoms with Gasteiger partial charge in [0.2, 0.25) is 0 Å². The maximum atomic E-state index is 5.14. The topological polar surface area (TPSA) is 51.6 Å². The average molecular weight is 729 g/mol. The Morgan fingerprint density at radius 2 is 0.772 bits per heavy atom. The van der Waals surface area contributed by atoms with Crippen molar-refractivity contribution in [2.45, 2.75) is 6.92 Å². The van der Waals surface area contributed by atoms with E-state index in [-0.39, 0.29) is 0 Å². The molecule has 57 heavy (non-hydrogen) atoms. The fourth-order valence-electron chi connectivity index (χ4n) is 7.80. The maximum Gasteiger partial charge on any atom is 0.164 e. The van der Waals surface area contributed by atoms with Crippen LogP contribution in [-0.2, 0) is 0 Å². The first-order valence-electron chi connectivity index (χ1n) is 19.2. The molecule has 0 aliphatic rings. The Balaban J connectivity index is 1.14. The first-order valence-corrected chi connectivity index (χ1v) is 19.2. The number of nitrogens with zero attached hydrogens (tertiary/aromatic N) is 4. The monoisotopic (exact) mass is 728 g/mol. The third-order valence-electron chi connectivity index (χ3n) is 10.7. The van der Waals surface area contributed by atoms with Crippen molar-refractivity contribution in [1.82, 2.24) is 19.9 Å². The number of pyridine rings is 1. The van der Waals surface area contributed by atoms with Gasteiger partial charge in [-0.05, 0) is 97.7 Å². The Kier molecular flexibility index (Phi) is 8.69. The van der Waals surface area contributed by atoms with E-state index in [4.69, 9.17) is 15.0 Å². The summed E-state index contributed by atoms with van der Waals surface area (Å²) in [6, 6.07) is 68.4. The summed E-state index contributed by atoms with van der Waals surface area (Å²) in [7, 11) is 0. The third kappa shape index (κ3) is 6.64. The Morgan fingerprint density at radius 1 is 0.298 bits per heavy atom. The summed E-state index contributed by atoms with van der Waals surface area (Å²) < 4.78 is 0. The molecule has 0 saturated carbocycles. The van der Waals surface area contributed by atoms with E-state index in [1.165, 1.54) is 21.5 Å². The van der Waals surface area contributed by atoms with Crippen molar-refractivity contribution in [2.75, 3.05) is 0 Å². The Bertz CT molecular complexity index is 2990. The first-order chi connectivity index (χ1) is 28.1. The van der Waals surface area contributed by atoms with E-state index in [1.807, 2.05) is 72.9 Å². The van der Waals surface area contributed by atoms with Gasteiger partial charge < -0.3 is 0 Å². The number of fused-ring (bicyclic) bond motifs is 3. The molecular weight excluding hydrogens is 693 g/mol. The fraction of sp³-hybridized carbons (Fsp3) is 0.0189. The van der Waals surface area contributed by atoms with Crippen LogP contribution in [0.2, 0.25) is 0 Å². The van der Waals surface area contributed by atoms with Gasteiger partial charge >= 0.3 is 0 Å². The van der Waals surface area contributed by atoms with Gasteiger partial charge in [-0.15, -0.1) is 0 Å². The van der Waals surface area contributed by atoms with E-state index in [9.17, 15) is 0 Å². The minimum Gasteiger partial charge on any atom is -0.261 e. The van der Waals surface area contributed by atoms with Crippen molar-refractivity contribution >= 4 is 21.5 Å². The smallest absolute Gasteiger partial charge is 0.164 e. The average Bonchev–Trinajstić information content (AvgIpc) is 3.29. The molecule has 0 aliphatic carbocycles. The molecule has 0 N–H and O–H groups in total. The summed E-state index contributed by atoms with van der Waals surface area (Å²) in [6.07, 6.45) is 1.84. The lowest BCUT2D eigenvalue weighted by Crippen LogP contribution is -2.00. The Labute approximate surface area is 331 Å². The standard InChI is InChI=1S/C53H36N4/c1-35-46(21-12-30-54-35)39-28-26-37(27-29-39)36-22-24-38(25-23-36)43-31-44(50-34-42-17-8-9-18-47(42)48-19-10-11-20-49(48)50)33-45(32-43)53-56-51(40-13-4-2-5-14-40)55-52(57-53)41-15-6-3-7-16-41/h2-34H,1H3. The van der Waals surface area contributed by atoms with E-state index in [1.54, 1.807) is 0 Å². The Hall–Kier alpha value is -7.56. The van der Waals surface area contributed by atoms with E-state index >= 15 is 0 Å². The summed E-state index contributed by atoms with van der Waals surface area (Å²) in [4.78, 5) is 19.7. The van der Waals surface area contributed by atoms with Crippen LogP contribution in [0.15, 0.2) is 200 Å². The fourth-order valence-corrected chi connectivity index (χ4v) is 7.80. The number of benzene rings is 8. The highest BCUT2D eigenvalue weighted by Gasteiger charge is 2.17. The molecule has 0 amide bonds. The van der Waals surface area contributed by atoms with Gasteiger partial charge in [0.05, 0.1) is 0 Å². The summed E-state index contributed by atoms with van der Waals surface area (Å²) in [5.74, 6) is 1.89. The van der Waals surface area contributed by atoms with Gasteiger partial charge in [0.1, 0.15) is 0 Å². The second-order valence-corrected chi connectivity index (χ2v) is 14.3. The van der Waals surface area contributed by atoms with E-state index in [0.29, 0.717) is 17.5 Å². The van der Waals surface area contributed by atoms with E-state index in [0.717, 1.165) is 66.9 Å². The molecule has 0 aliphatic heterocycles. The summed E-state index contributed by atoms with van der Waals surface area (Å²) in [6.45, 7) is 2.05. The zero-order valence-electron chi connectivity index (χ0n) is 31.3. The predicted octanol–water partition coefficient (Wildman–Crippen LogP) is 13.6. The van der Waals surface area contributed by atoms with Gasteiger partial charge in [-0.25, -0.2) is 15.0 Å². The second-order valence-electron chi connectivity index (χ2n) is 14.3. The highest BCUT2D eigenvalue weighted by atomic mass is 15.0. The molecule has 0 bridgehead atoms. The molecule has 10 rings (SSSR count). The molecule has 4 nitrogen and oxygen atoms in total. The van der Waals surface area contributed by atoms with Crippen molar-refractivity contribution in [1.29, 1.82) is 0 Å². The molecule has 0 fully saturated rings. The van der Waals surface area contributed by atoms with E-state index < -0.39 is 0 Å². The van der Waals surface area contributed by atoms with Crippen LogP contribution in [0.1, 0.15) is 5.69 Å². The van der Waals surface area contributed by atoms with Crippen LogP contribution in [0, 0.1) is 6.92 Å². The van der Waals surface area contributed by atoms with Gasteiger partial charge in [-0.3, -0.25) is 4.98 Å². The van der Waals surface area contributed by atoms with Crippen molar-refractivity contribution in [3.63, 3.8) is 0 Å². The van der Waals surface area contributed by atoms with Crippen LogP contribution in [0.25, 0.3) is 100 Å². The SMILES string of the molecule is Cc1ncccc1-c1ccc(-c2ccc(-c3cc(-c4nc(-c5ccccc5)nc(-c5ccccc5)n4)cc(-c4cc5ccccc5c5ccccc45)c3)cc2)cc1. The molecule has 4 heteroatoms. The van der Waals surface area contributed by atoms with Crippen molar-refractivity contribution in [3.8, 4) is 78.7 Å². The minimum absolute atomic E-state index is 0.622. The van der Waals surface area contributed by atoms with Crippen LogP contribution in [-0.4, -0.2) is 19.9 Å². The van der Waals surface area contributed by atoms with Gasteiger partial charge in [-0.2, -0.15) is 0 Å². The lowest BCUT2D eigenvalue weighted by atomic mass is 9.90. The molecular formula is C53H36N4. The van der Waals surface area contributed by atoms with E-state index in [2.05, 4.69) is 139 Å². The zero-order chi connectivity index (χ0) is 38.1. The van der Waals surface area contributed by atoms with Crippen LogP contribution in [0.4, 0.5) is 0 Å². The number of hydrogen-bond acceptors (Lipinski definition) is 4. The third-order valence-corrected chi connectivity index (χ3v) is 10.7. The van der Waals surface area contributed by atoms with Gasteiger partial charge in [0.15, 0.2) is 17.5 Å². The molecule has 2 heterocycles. The van der Waals surface area contributed by atoms with Crippen molar-refractivity contribution < 1.29 is 0 Å². The molecule has 10 aromatic rings. The lowest BCUT2D eigenvalue weighted by Gasteiger charge is -2.15. The summed E-state index contributed by atoms with van der Waals surface area (Å²) in [5, 5.41) is 4.87. The summed E-state index contributed by atoms with van der Waals surface area (Å²) in [5.41, 5.74) is 12.9. The minimum atomic E-state index is 0.622. The van der Waals surface area contributed by atoms with Crippen LogP contribution in [0.3, 0.4) is 0 Å². The van der Waals surface area contributed by atoms with Crippen LogP contribution in [0.5, 0.6) is 0 Å². The molecule has 0 spiro atoms. The molecule has 0 radical (unpaired) electrons. The maximum absolute atomic E-state index is 5.14. The predicted molar refractivity (Wildman–Crippen MR) is 235 cm³/mol. The molecule has 0 unspecified atom stereocenters. The highest BCUT2D eigenvalue weighted by Crippen LogP contribution is 2.39. The lowest BCUT2D eigenvalue weighted by molar-refractivity contribution is 1.07. The normalized spacial score (nSPS) is 11.2. The van der Waals surface area contributed by atoms with Gasteiger partial charge in [0, 0.05) is 34.1 Å². The first kappa shape index (κ1) is 34.0. The van der Waals surface area contributed by atoms with Crippen molar-refractivity contribution in [3.05, 3.63) is 206 Å². The zero-order valence-corrected chi connectivity index (χ0v) is 31.3. The number of rotatable bonds is 7. The molecule has 0 saturated heterocycles. The molecule has 268 valence electrons. The van der Waals surface area contributed by atoms with Crippen molar-refractivity contribution in [2.24, 2.45) is 0 Å². The Morgan fingerprint density at radius 3 is 1.39 bits per heavy atom. The summed E-state index contributed by atoms with van der Waals surface area (Å²) >= 11 is 0. The van der Waals surface area contributed by atoms with Gasteiger partial charge in [-0.1, -0.05) is 164 Å². The quantitative estimate of drug-likeness (QED) is 0.153. The molecule has 0 atom stereocenters. The highest BCUT2D eigenvalue weighted by molar-refractivity contribution is 6.14. The number of hydrogen-bond donors (Lipinski definition) is 0. The van der Waals surface area contributed by atoms with Crippen LogP contribution >= 0.6 is 0 Å². The van der Waals surface area contributed by atoms with Gasteiger partial charge in [0.25, 0.3) is 0 Å². The van der Waals surface area contributed by atoms with Crippen LogP contribution < -0.4 is 0 Å². The molecule has 8 aromatic carbocycles. The second kappa shape index (κ2) is 14.6. The molecule has 2 aromatic heterocycles.